The minimum absolute atomic E-state index is 0.225. The van der Waals surface area contributed by atoms with E-state index in [1.165, 1.54) is 47.2 Å². The van der Waals surface area contributed by atoms with E-state index in [-0.39, 0.29) is 10.6 Å². The maximum atomic E-state index is 14.5. The molecule has 5 rings (SSSR count). The Kier molecular flexibility index (Phi) is 9.41. The first-order chi connectivity index (χ1) is 20.7. The van der Waals surface area contributed by atoms with E-state index in [1.54, 1.807) is 19.1 Å². The van der Waals surface area contributed by atoms with Gasteiger partial charge < -0.3 is 29.7 Å². The number of aliphatic hydroxyl groups excluding tert-OH is 3. The molecule has 0 spiro atoms. The third kappa shape index (κ3) is 6.02. The predicted molar refractivity (Wildman–Crippen MR) is 154 cm³/mol. The Morgan fingerprint density at radius 2 is 2.05 bits per heavy atom. The van der Waals surface area contributed by atoms with Crippen LogP contribution >= 0.6 is 11.6 Å². The van der Waals surface area contributed by atoms with Gasteiger partial charge in [0, 0.05) is 23.4 Å². The van der Waals surface area contributed by atoms with Crippen molar-refractivity contribution < 1.29 is 34.0 Å². The number of carbonyl (C=O) groups is 1. The van der Waals surface area contributed by atoms with Gasteiger partial charge in [0.1, 0.15) is 35.9 Å². The van der Waals surface area contributed by atoms with Crippen molar-refractivity contribution in [2.24, 2.45) is 0 Å². The van der Waals surface area contributed by atoms with Crippen LogP contribution in [0.5, 0.6) is 0 Å². The molecule has 0 radical (unpaired) electrons. The van der Waals surface area contributed by atoms with Gasteiger partial charge in [-0.3, -0.25) is 4.79 Å². The van der Waals surface area contributed by atoms with Gasteiger partial charge in [-0.25, -0.2) is 9.07 Å². The molecular weight excluding hydrogens is 581 g/mol. The smallest absolute Gasteiger partial charge is 0.259 e. The van der Waals surface area contributed by atoms with E-state index in [1.807, 2.05) is 6.07 Å². The van der Waals surface area contributed by atoms with Gasteiger partial charge in [0.2, 0.25) is 0 Å². The van der Waals surface area contributed by atoms with Crippen LogP contribution in [-0.4, -0.2) is 86.5 Å². The zero-order valence-corrected chi connectivity index (χ0v) is 24.4. The van der Waals surface area contributed by atoms with Gasteiger partial charge in [-0.1, -0.05) is 41.8 Å². The number of amides is 1. The first kappa shape index (κ1) is 31.0. The van der Waals surface area contributed by atoms with Crippen molar-refractivity contribution in [3.63, 3.8) is 0 Å². The van der Waals surface area contributed by atoms with Crippen LogP contribution in [0.1, 0.15) is 42.9 Å². The highest BCUT2D eigenvalue weighted by molar-refractivity contribution is 6.31. The molecule has 0 bridgehead atoms. The fourth-order valence-corrected chi connectivity index (χ4v) is 6.31. The minimum Gasteiger partial charge on any atom is -0.394 e. The quantitative estimate of drug-likeness (QED) is 0.365. The summed E-state index contributed by atoms with van der Waals surface area (Å²) in [4.78, 5) is 15.9. The average molecular weight is 614 g/mol. The van der Waals surface area contributed by atoms with E-state index >= 15 is 0 Å². The molecular formula is C30H33ClFN5O6. The molecule has 2 aliphatic rings. The maximum Gasteiger partial charge on any atom is 0.259 e. The second-order valence-corrected chi connectivity index (χ2v) is 11.3. The summed E-state index contributed by atoms with van der Waals surface area (Å²) in [5.74, 6) is -1.02. The van der Waals surface area contributed by atoms with Crippen molar-refractivity contribution in [2.75, 3.05) is 18.6 Å². The molecule has 1 aliphatic heterocycles. The summed E-state index contributed by atoms with van der Waals surface area (Å²) in [5, 5.41) is 50.6. The average Bonchev–Trinajstić information content (AvgIpc) is 3.48. The number of methoxy groups -OCH3 is 1. The summed E-state index contributed by atoms with van der Waals surface area (Å²) < 4.78 is 27.4. The molecule has 7 atom stereocenters. The van der Waals surface area contributed by atoms with E-state index in [9.17, 15) is 29.8 Å². The SMILES string of the molecule is COC1C(C(=O)N(c2cc(Cl)cc(C#N)c2)[C@H]2CCCC[C@@H]2O)OC(CO)C(O)C1n1cc(-c2cccc(F)c2C)nn1. The second-order valence-electron chi connectivity index (χ2n) is 10.9. The van der Waals surface area contributed by atoms with Crippen LogP contribution in [0.25, 0.3) is 11.3 Å². The summed E-state index contributed by atoms with van der Waals surface area (Å²) >= 11 is 6.32. The number of benzene rings is 2. The fraction of sp³-hybridized carbons (Fsp3) is 0.467. The van der Waals surface area contributed by atoms with Crippen LogP contribution < -0.4 is 4.90 Å². The van der Waals surface area contributed by atoms with Crippen molar-refractivity contribution in [1.82, 2.24) is 15.0 Å². The monoisotopic (exact) mass is 613 g/mol. The third-order valence-electron chi connectivity index (χ3n) is 8.29. The summed E-state index contributed by atoms with van der Waals surface area (Å²) in [5.41, 5.74) is 1.73. The number of anilines is 1. The number of hydrogen-bond donors (Lipinski definition) is 3. The molecule has 1 aromatic heterocycles. The van der Waals surface area contributed by atoms with Crippen LogP contribution in [0.3, 0.4) is 0 Å². The van der Waals surface area contributed by atoms with Crippen LogP contribution in [0, 0.1) is 24.1 Å². The van der Waals surface area contributed by atoms with E-state index < -0.39 is 60.9 Å². The highest BCUT2D eigenvalue weighted by Crippen LogP contribution is 2.37. The summed E-state index contributed by atoms with van der Waals surface area (Å²) in [7, 11) is 1.36. The third-order valence-corrected chi connectivity index (χ3v) is 8.51. The van der Waals surface area contributed by atoms with Gasteiger partial charge in [-0.2, -0.15) is 5.26 Å². The van der Waals surface area contributed by atoms with Crippen molar-refractivity contribution in [3.8, 4) is 17.3 Å². The molecule has 2 aromatic carbocycles. The standard InChI is InChI=1S/C30H33ClFN5O6/c1-16-20(6-5-7-21(16)32)22-14-36(35-34-22)26-27(40)25(15-38)43-29(28(26)42-2)30(41)37(23-8-3-4-9-24(23)39)19-11-17(13-33)10-18(31)12-19/h5-7,10-12,14,23-29,38-40H,3-4,8-9,15H2,1-2H3/t23-,24-,25?,26?,27?,28?,29?/m0/s1. The van der Waals surface area contributed by atoms with Crippen LogP contribution in [0.15, 0.2) is 42.6 Å². The summed E-state index contributed by atoms with van der Waals surface area (Å²) in [6.07, 6.45) is -1.91. The van der Waals surface area contributed by atoms with Gasteiger partial charge in [0.05, 0.1) is 36.6 Å². The largest absolute Gasteiger partial charge is 0.394 e. The lowest BCUT2D eigenvalue weighted by Gasteiger charge is -2.46. The Morgan fingerprint density at radius 3 is 2.74 bits per heavy atom. The van der Waals surface area contributed by atoms with E-state index in [0.717, 1.165) is 12.8 Å². The summed E-state index contributed by atoms with van der Waals surface area (Å²) in [6.45, 7) is 0.994. The molecule has 11 nitrogen and oxygen atoms in total. The van der Waals surface area contributed by atoms with Gasteiger partial charge in [-0.05, 0) is 49.6 Å². The first-order valence-corrected chi connectivity index (χ1v) is 14.4. The van der Waals surface area contributed by atoms with Crippen molar-refractivity contribution in [1.29, 1.82) is 5.26 Å². The maximum absolute atomic E-state index is 14.5. The van der Waals surface area contributed by atoms with Crippen molar-refractivity contribution in [3.05, 3.63) is 64.6 Å². The Labute approximate surface area is 253 Å². The molecule has 43 heavy (non-hydrogen) atoms. The lowest BCUT2D eigenvalue weighted by atomic mass is 9.88. The first-order valence-electron chi connectivity index (χ1n) is 14.0. The van der Waals surface area contributed by atoms with Gasteiger partial charge in [-0.15, -0.1) is 5.10 Å². The van der Waals surface area contributed by atoms with Gasteiger partial charge in [0.25, 0.3) is 5.91 Å². The summed E-state index contributed by atoms with van der Waals surface area (Å²) in [6, 6.07) is 9.43. The Hall–Kier alpha value is -3.44. The number of aromatic nitrogens is 3. The lowest BCUT2D eigenvalue weighted by molar-refractivity contribution is -0.211. The number of carbonyl (C=O) groups excluding carboxylic acids is 1. The second kappa shape index (κ2) is 13.1. The topological polar surface area (TPSA) is 154 Å². The van der Waals surface area contributed by atoms with Crippen molar-refractivity contribution >= 4 is 23.2 Å². The number of nitrogens with zero attached hydrogens (tertiary/aromatic N) is 5. The Bertz CT molecular complexity index is 1510. The number of hydrogen-bond acceptors (Lipinski definition) is 9. The molecule has 13 heteroatoms. The number of aliphatic hydroxyl groups is 3. The molecule has 2 fully saturated rings. The van der Waals surface area contributed by atoms with E-state index in [0.29, 0.717) is 35.3 Å². The lowest BCUT2D eigenvalue weighted by Crippen LogP contribution is -2.63. The number of rotatable bonds is 7. The predicted octanol–water partition coefficient (Wildman–Crippen LogP) is 2.93. The van der Waals surface area contributed by atoms with E-state index in [2.05, 4.69) is 10.3 Å². The molecule has 5 unspecified atom stereocenters. The van der Waals surface area contributed by atoms with Crippen LogP contribution in [0.4, 0.5) is 10.1 Å². The highest BCUT2D eigenvalue weighted by Gasteiger charge is 2.52. The molecule has 1 saturated heterocycles. The van der Waals surface area contributed by atoms with Crippen LogP contribution in [-0.2, 0) is 14.3 Å². The molecule has 1 amide bonds. The Morgan fingerprint density at radius 1 is 1.28 bits per heavy atom. The van der Waals surface area contributed by atoms with Gasteiger partial charge in [0.15, 0.2) is 6.10 Å². The van der Waals surface area contributed by atoms with E-state index in [4.69, 9.17) is 21.1 Å². The highest BCUT2D eigenvalue weighted by atomic mass is 35.5. The fourth-order valence-electron chi connectivity index (χ4n) is 6.08. The molecule has 1 saturated carbocycles. The molecule has 3 N–H and O–H groups in total. The van der Waals surface area contributed by atoms with Gasteiger partial charge >= 0.3 is 0 Å². The molecule has 2 heterocycles. The number of ether oxygens (including phenoxy) is 2. The number of nitriles is 1. The van der Waals surface area contributed by atoms with Crippen molar-refractivity contribution in [2.45, 2.75) is 75.2 Å². The molecule has 228 valence electrons. The Balaban J connectivity index is 1.56. The molecule has 3 aromatic rings. The normalized spacial score (nSPS) is 27.4. The van der Waals surface area contributed by atoms with Crippen LogP contribution in [0.2, 0.25) is 5.02 Å². The minimum atomic E-state index is -1.38. The molecule has 1 aliphatic carbocycles. The zero-order valence-electron chi connectivity index (χ0n) is 23.7. The number of halogens is 2. The zero-order chi connectivity index (χ0) is 30.8.